The number of aliphatic hydroxyl groups excluding tert-OH is 6. The number of rotatable bonds is 15. The van der Waals surface area contributed by atoms with Gasteiger partial charge in [-0.15, -0.1) is 0 Å². The van der Waals surface area contributed by atoms with Gasteiger partial charge < -0.3 is 69.9 Å². The first kappa shape index (κ1) is 37.1. The van der Waals surface area contributed by atoms with Gasteiger partial charge in [0.05, 0.1) is 37.3 Å². The second kappa shape index (κ2) is 17.6. The lowest BCUT2D eigenvalue weighted by atomic mass is 9.94. The second-order valence-electron chi connectivity index (χ2n) is 11.6. The molecule has 45 heavy (non-hydrogen) atoms. The minimum Gasteiger partial charge on any atom is -0.388 e. The quantitative estimate of drug-likeness (QED) is 0.0618. The van der Waals surface area contributed by atoms with Gasteiger partial charge in [0.25, 0.3) is 0 Å². The van der Waals surface area contributed by atoms with E-state index in [2.05, 4.69) is 10.6 Å². The average Bonchev–Trinajstić information content (AvgIpc) is 3.48. The standard InChI is InChI=1S/C28H47N3O14/c1-14-19(34)21(36)23(38)27(44-14)42-10-7-29-25(40)16-12-31(18(33)6-4-3-5-9-32)13-17(16)26(41)30-8-11-43-28-24(39)22(37)20(35)15(2)45-28/h9,14-17,19-24,27-28,34-39H,3-8,10-13H2,1-2H3,(H,29,40)(H,30,41)/t14-,15-,16-,17+,19+,20+,21+,22+,23-,24-,27+,28+/m0/s1. The van der Waals surface area contributed by atoms with Crippen LogP contribution >= 0.6 is 0 Å². The number of hydrogen-bond acceptors (Lipinski definition) is 14. The number of unbranched alkanes of at least 4 members (excludes halogenated alkanes) is 2. The summed E-state index contributed by atoms with van der Waals surface area (Å²) >= 11 is 0. The number of hydrogen-bond donors (Lipinski definition) is 8. The highest BCUT2D eigenvalue weighted by Gasteiger charge is 2.45. The number of ether oxygens (including phenoxy) is 4. The Morgan fingerprint density at radius 1 is 0.733 bits per heavy atom. The Morgan fingerprint density at radius 2 is 1.18 bits per heavy atom. The fourth-order valence-electron chi connectivity index (χ4n) is 5.46. The SMILES string of the molecule is C[C@@H]1O[C@@H](OCCNC(=O)[C@H]2CN(C(=O)CCCCC=O)C[C@H]2C(=O)NCCO[C@@H]2O[C@@H](C)[C@@H](O)[C@@H](O)[C@@H]2O)[C@@H](O)[C@H](O)[C@@H]1O. The van der Waals surface area contributed by atoms with Crippen LogP contribution in [0.3, 0.4) is 0 Å². The summed E-state index contributed by atoms with van der Waals surface area (Å²) in [5.41, 5.74) is 0. The maximum atomic E-state index is 13.2. The molecule has 3 fully saturated rings. The van der Waals surface area contributed by atoms with Gasteiger partial charge in [-0.2, -0.15) is 0 Å². The first-order valence-corrected chi connectivity index (χ1v) is 15.3. The number of aldehydes is 1. The molecule has 3 aliphatic heterocycles. The number of nitrogens with one attached hydrogen (secondary N) is 2. The van der Waals surface area contributed by atoms with Crippen molar-refractivity contribution in [3.8, 4) is 0 Å². The summed E-state index contributed by atoms with van der Waals surface area (Å²) in [4.78, 5) is 51.1. The maximum absolute atomic E-state index is 13.2. The van der Waals surface area contributed by atoms with Gasteiger partial charge in [0.15, 0.2) is 12.6 Å². The topological polar surface area (TPSA) is 254 Å². The van der Waals surface area contributed by atoms with Crippen LogP contribution in [-0.4, -0.2) is 160 Å². The summed E-state index contributed by atoms with van der Waals surface area (Å²) in [5, 5.41) is 65.0. The number of likely N-dealkylation sites (tertiary alicyclic amines) is 1. The van der Waals surface area contributed by atoms with Crippen molar-refractivity contribution in [2.24, 2.45) is 11.8 Å². The molecule has 17 heteroatoms. The van der Waals surface area contributed by atoms with Crippen molar-refractivity contribution >= 4 is 24.0 Å². The summed E-state index contributed by atoms with van der Waals surface area (Å²) in [6, 6.07) is 0. The average molecular weight is 650 g/mol. The van der Waals surface area contributed by atoms with E-state index in [0.29, 0.717) is 19.3 Å². The fraction of sp³-hybridized carbons (Fsp3) is 0.857. The van der Waals surface area contributed by atoms with Crippen molar-refractivity contribution in [1.29, 1.82) is 0 Å². The van der Waals surface area contributed by atoms with Gasteiger partial charge in [-0.3, -0.25) is 14.4 Å². The Morgan fingerprint density at radius 3 is 1.60 bits per heavy atom. The number of carbonyl (C=O) groups excluding carboxylic acids is 4. The molecule has 0 aliphatic carbocycles. The monoisotopic (exact) mass is 649 g/mol. The third-order valence-corrected chi connectivity index (χ3v) is 8.29. The normalized spacial score (nSPS) is 36.8. The number of nitrogens with zero attached hydrogens (tertiary/aromatic N) is 1. The van der Waals surface area contributed by atoms with Crippen LogP contribution < -0.4 is 10.6 Å². The minimum atomic E-state index is -1.50. The first-order valence-electron chi connectivity index (χ1n) is 15.3. The van der Waals surface area contributed by atoms with Crippen LogP contribution in [0, 0.1) is 11.8 Å². The summed E-state index contributed by atoms with van der Waals surface area (Å²) in [6.07, 6.45) is -10.3. The van der Waals surface area contributed by atoms with Crippen molar-refractivity contribution in [3.05, 3.63) is 0 Å². The Hall–Kier alpha value is -2.32. The lowest BCUT2D eigenvalue weighted by Crippen LogP contribution is -2.57. The van der Waals surface area contributed by atoms with E-state index in [0.717, 1.165) is 6.29 Å². The fourth-order valence-corrected chi connectivity index (χ4v) is 5.46. The van der Waals surface area contributed by atoms with Crippen molar-refractivity contribution in [1.82, 2.24) is 15.5 Å². The molecular weight excluding hydrogens is 602 g/mol. The summed E-state index contributed by atoms with van der Waals surface area (Å²) in [7, 11) is 0. The Balaban J connectivity index is 1.52. The molecule has 3 rings (SSSR count). The zero-order valence-corrected chi connectivity index (χ0v) is 25.5. The second-order valence-corrected chi connectivity index (χ2v) is 11.6. The van der Waals surface area contributed by atoms with Crippen molar-refractivity contribution in [2.45, 2.75) is 101 Å². The minimum absolute atomic E-state index is 0.0138. The molecule has 3 aliphatic rings. The van der Waals surface area contributed by atoms with Gasteiger partial charge in [0.1, 0.15) is 42.9 Å². The van der Waals surface area contributed by atoms with E-state index < -0.39 is 85.1 Å². The van der Waals surface area contributed by atoms with E-state index in [1.54, 1.807) is 0 Å². The molecule has 0 unspecified atom stereocenters. The molecule has 0 aromatic carbocycles. The molecular formula is C28H47N3O14. The number of amides is 3. The van der Waals surface area contributed by atoms with Crippen LogP contribution in [0.15, 0.2) is 0 Å². The Bertz CT molecular complexity index is 928. The Kier molecular flexibility index (Phi) is 14.5. The molecule has 0 bridgehead atoms. The predicted molar refractivity (Wildman–Crippen MR) is 151 cm³/mol. The molecule has 3 saturated heterocycles. The highest BCUT2D eigenvalue weighted by atomic mass is 16.7. The van der Waals surface area contributed by atoms with E-state index in [1.165, 1.54) is 18.7 Å². The molecule has 0 aromatic rings. The van der Waals surface area contributed by atoms with E-state index >= 15 is 0 Å². The zero-order chi connectivity index (χ0) is 33.3. The maximum Gasteiger partial charge on any atom is 0.225 e. The highest BCUT2D eigenvalue weighted by molar-refractivity contribution is 5.90. The molecule has 12 atom stereocenters. The summed E-state index contributed by atoms with van der Waals surface area (Å²) < 4.78 is 21.6. The summed E-state index contributed by atoms with van der Waals surface area (Å²) in [5.74, 6) is -3.09. The van der Waals surface area contributed by atoms with E-state index in [9.17, 15) is 49.8 Å². The third kappa shape index (κ3) is 9.84. The molecule has 3 amide bonds. The van der Waals surface area contributed by atoms with E-state index in [-0.39, 0.29) is 51.7 Å². The van der Waals surface area contributed by atoms with Crippen LogP contribution in [0.4, 0.5) is 0 Å². The molecule has 0 spiro atoms. The largest absolute Gasteiger partial charge is 0.388 e. The zero-order valence-electron chi connectivity index (χ0n) is 25.5. The lowest BCUT2D eigenvalue weighted by Gasteiger charge is -2.38. The molecule has 0 aromatic heterocycles. The molecule has 258 valence electrons. The molecule has 17 nitrogen and oxygen atoms in total. The number of carbonyl (C=O) groups is 4. The smallest absolute Gasteiger partial charge is 0.225 e. The van der Waals surface area contributed by atoms with Crippen LogP contribution in [0.1, 0.15) is 39.5 Å². The predicted octanol–water partition coefficient (Wildman–Crippen LogP) is -4.26. The van der Waals surface area contributed by atoms with Gasteiger partial charge >= 0.3 is 0 Å². The van der Waals surface area contributed by atoms with Gasteiger partial charge in [0, 0.05) is 39.0 Å². The number of aliphatic hydroxyl groups is 6. The van der Waals surface area contributed by atoms with E-state index in [4.69, 9.17) is 18.9 Å². The van der Waals surface area contributed by atoms with Crippen molar-refractivity contribution < 1.29 is 68.8 Å². The van der Waals surface area contributed by atoms with Gasteiger partial charge in [-0.1, -0.05) is 0 Å². The molecule has 0 saturated carbocycles. The Labute approximate surface area is 260 Å². The van der Waals surface area contributed by atoms with Crippen LogP contribution in [-0.2, 0) is 38.1 Å². The van der Waals surface area contributed by atoms with Gasteiger partial charge in [-0.05, 0) is 26.7 Å². The first-order chi connectivity index (χ1) is 21.4. The highest BCUT2D eigenvalue weighted by Crippen LogP contribution is 2.26. The van der Waals surface area contributed by atoms with Crippen molar-refractivity contribution in [3.63, 3.8) is 0 Å². The van der Waals surface area contributed by atoms with Crippen LogP contribution in [0.25, 0.3) is 0 Å². The lowest BCUT2D eigenvalue weighted by molar-refractivity contribution is -0.292. The van der Waals surface area contributed by atoms with Crippen molar-refractivity contribution in [2.75, 3.05) is 39.4 Å². The van der Waals surface area contributed by atoms with Gasteiger partial charge in [-0.25, -0.2) is 0 Å². The van der Waals surface area contributed by atoms with Gasteiger partial charge in [0.2, 0.25) is 17.7 Å². The van der Waals surface area contributed by atoms with Crippen LogP contribution in [0.5, 0.6) is 0 Å². The molecule has 0 radical (unpaired) electrons. The van der Waals surface area contributed by atoms with E-state index in [1.807, 2.05) is 0 Å². The van der Waals surface area contributed by atoms with Crippen LogP contribution in [0.2, 0.25) is 0 Å². The summed E-state index contributed by atoms with van der Waals surface area (Å²) in [6.45, 7) is 2.66. The third-order valence-electron chi connectivity index (χ3n) is 8.29. The molecule has 3 heterocycles. The molecule has 8 N–H and O–H groups in total.